The number of aryl methyl sites for hydroxylation is 2. The Morgan fingerprint density at radius 3 is 2.73 bits per heavy atom. The molecule has 138 valence electrons. The molecule has 0 amide bonds. The standard InChI is InChI=1S/C20H27N5O/c1-6-21-20(22-12-17-13(2)24-25(5)15(17)4)23-14(3)19-11-16-9-7-8-10-18(16)26-19/h7-11,14H,6,12H2,1-5H3,(H2,21,22,23). The predicted molar refractivity (Wildman–Crippen MR) is 105 cm³/mol. The minimum absolute atomic E-state index is 0.0105. The average molecular weight is 353 g/mol. The van der Waals surface area contributed by atoms with Crippen LogP contribution in [0.4, 0.5) is 0 Å². The molecule has 6 nitrogen and oxygen atoms in total. The lowest BCUT2D eigenvalue weighted by atomic mass is 10.2. The van der Waals surface area contributed by atoms with Crippen LogP contribution in [0.3, 0.4) is 0 Å². The highest BCUT2D eigenvalue weighted by atomic mass is 16.3. The van der Waals surface area contributed by atoms with E-state index in [0.717, 1.165) is 40.6 Å². The Balaban J connectivity index is 1.76. The van der Waals surface area contributed by atoms with Crippen LogP contribution in [-0.2, 0) is 13.6 Å². The van der Waals surface area contributed by atoms with Crippen molar-refractivity contribution in [2.45, 2.75) is 40.3 Å². The van der Waals surface area contributed by atoms with Crippen molar-refractivity contribution < 1.29 is 4.42 Å². The first-order valence-electron chi connectivity index (χ1n) is 9.02. The number of nitrogens with zero attached hydrogens (tertiary/aromatic N) is 3. The molecule has 1 aromatic carbocycles. The number of furan rings is 1. The lowest BCUT2D eigenvalue weighted by Gasteiger charge is -2.16. The molecule has 0 fully saturated rings. The first kappa shape index (κ1) is 18.0. The van der Waals surface area contributed by atoms with Crippen molar-refractivity contribution >= 4 is 16.9 Å². The number of para-hydroxylation sites is 1. The maximum atomic E-state index is 5.95. The second-order valence-electron chi connectivity index (χ2n) is 6.52. The van der Waals surface area contributed by atoms with Crippen molar-refractivity contribution in [3.8, 4) is 0 Å². The van der Waals surface area contributed by atoms with E-state index in [2.05, 4.69) is 48.6 Å². The molecule has 0 spiro atoms. The third-order valence-electron chi connectivity index (χ3n) is 4.62. The van der Waals surface area contributed by atoms with Gasteiger partial charge in [-0.15, -0.1) is 0 Å². The molecule has 3 rings (SSSR count). The second kappa shape index (κ2) is 7.64. The Labute approximate surface area is 154 Å². The predicted octanol–water partition coefficient (Wildman–Crippen LogP) is 3.60. The lowest BCUT2D eigenvalue weighted by molar-refractivity contribution is 0.488. The van der Waals surface area contributed by atoms with Crippen molar-refractivity contribution in [1.29, 1.82) is 0 Å². The summed E-state index contributed by atoms with van der Waals surface area (Å²) in [5.41, 5.74) is 4.24. The molecule has 1 atom stereocenters. The molecule has 2 heterocycles. The van der Waals surface area contributed by atoms with Gasteiger partial charge in [-0.2, -0.15) is 5.10 Å². The number of aliphatic imine (C=N–C) groups is 1. The van der Waals surface area contributed by atoms with Gasteiger partial charge in [-0.1, -0.05) is 18.2 Å². The van der Waals surface area contributed by atoms with E-state index in [1.54, 1.807) is 0 Å². The number of nitrogens with one attached hydrogen (secondary N) is 2. The highest BCUT2D eigenvalue weighted by Crippen LogP contribution is 2.23. The fraction of sp³-hybridized carbons (Fsp3) is 0.400. The Morgan fingerprint density at radius 1 is 1.31 bits per heavy atom. The molecule has 0 bridgehead atoms. The fourth-order valence-corrected chi connectivity index (χ4v) is 3.02. The van der Waals surface area contributed by atoms with Crippen molar-refractivity contribution in [3.63, 3.8) is 0 Å². The van der Waals surface area contributed by atoms with Gasteiger partial charge in [0, 0.05) is 30.2 Å². The van der Waals surface area contributed by atoms with Gasteiger partial charge >= 0.3 is 0 Å². The van der Waals surface area contributed by atoms with Gasteiger partial charge in [-0.3, -0.25) is 4.68 Å². The summed E-state index contributed by atoms with van der Waals surface area (Å²) in [5, 5.41) is 12.3. The van der Waals surface area contributed by atoms with E-state index in [9.17, 15) is 0 Å². The van der Waals surface area contributed by atoms with E-state index in [1.165, 1.54) is 5.56 Å². The molecule has 0 aliphatic rings. The van der Waals surface area contributed by atoms with Gasteiger partial charge in [-0.25, -0.2) is 4.99 Å². The van der Waals surface area contributed by atoms with Crippen LogP contribution in [0.5, 0.6) is 0 Å². The quantitative estimate of drug-likeness (QED) is 0.543. The number of hydrogen-bond donors (Lipinski definition) is 2. The molecule has 0 aliphatic heterocycles. The van der Waals surface area contributed by atoms with Gasteiger partial charge in [0.05, 0.1) is 18.3 Å². The Bertz CT molecular complexity index is 889. The third-order valence-corrected chi connectivity index (χ3v) is 4.62. The summed E-state index contributed by atoms with van der Waals surface area (Å²) in [4.78, 5) is 4.74. The smallest absolute Gasteiger partial charge is 0.192 e. The largest absolute Gasteiger partial charge is 0.459 e. The minimum atomic E-state index is 0.0105. The molecule has 1 unspecified atom stereocenters. The maximum absolute atomic E-state index is 5.95. The molecule has 0 saturated heterocycles. The van der Waals surface area contributed by atoms with E-state index in [0.29, 0.717) is 6.54 Å². The molecule has 2 N–H and O–H groups in total. The molecular formula is C20H27N5O. The summed E-state index contributed by atoms with van der Waals surface area (Å²) in [6, 6.07) is 10.1. The molecule has 0 aliphatic carbocycles. The molecule has 26 heavy (non-hydrogen) atoms. The summed E-state index contributed by atoms with van der Waals surface area (Å²) >= 11 is 0. The van der Waals surface area contributed by atoms with Crippen LogP contribution < -0.4 is 10.6 Å². The lowest BCUT2D eigenvalue weighted by Crippen LogP contribution is -2.38. The maximum Gasteiger partial charge on any atom is 0.192 e. The zero-order valence-electron chi connectivity index (χ0n) is 16.1. The van der Waals surface area contributed by atoms with Crippen molar-refractivity contribution in [2.75, 3.05) is 6.54 Å². The first-order chi connectivity index (χ1) is 12.5. The number of hydrogen-bond acceptors (Lipinski definition) is 3. The zero-order valence-corrected chi connectivity index (χ0v) is 16.1. The van der Waals surface area contributed by atoms with Crippen LogP contribution in [-0.4, -0.2) is 22.3 Å². The number of rotatable bonds is 5. The van der Waals surface area contributed by atoms with E-state index in [1.807, 2.05) is 36.9 Å². The summed E-state index contributed by atoms with van der Waals surface area (Å²) in [5.74, 6) is 1.66. The molecule has 6 heteroatoms. The monoisotopic (exact) mass is 353 g/mol. The second-order valence-corrected chi connectivity index (χ2v) is 6.52. The zero-order chi connectivity index (χ0) is 18.7. The number of fused-ring (bicyclic) bond motifs is 1. The van der Waals surface area contributed by atoms with E-state index in [-0.39, 0.29) is 6.04 Å². The summed E-state index contributed by atoms with van der Waals surface area (Å²) in [6.45, 7) is 9.61. The van der Waals surface area contributed by atoms with Crippen LogP contribution in [0.25, 0.3) is 11.0 Å². The third kappa shape index (κ3) is 3.74. The van der Waals surface area contributed by atoms with E-state index < -0.39 is 0 Å². The van der Waals surface area contributed by atoms with Gasteiger partial charge in [0.2, 0.25) is 0 Å². The highest BCUT2D eigenvalue weighted by Gasteiger charge is 2.14. The van der Waals surface area contributed by atoms with Crippen LogP contribution in [0, 0.1) is 13.8 Å². The average Bonchev–Trinajstić information content (AvgIpc) is 3.15. The van der Waals surface area contributed by atoms with Crippen molar-refractivity contribution in [1.82, 2.24) is 20.4 Å². The van der Waals surface area contributed by atoms with Crippen molar-refractivity contribution in [3.05, 3.63) is 53.0 Å². The van der Waals surface area contributed by atoms with E-state index >= 15 is 0 Å². The van der Waals surface area contributed by atoms with Crippen LogP contribution in [0.2, 0.25) is 0 Å². The van der Waals surface area contributed by atoms with Gasteiger partial charge in [0.15, 0.2) is 5.96 Å². The SMILES string of the molecule is CCNC(=NCc1c(C)nn(C)c1C)NC(C)c1cc2ccccc2o1. The first-order valence-corrected chi connectivity index (χ1v) is 9.02. The Hall–Kier alpha value is -2.76. The Kier molecular flexibility index (Phi) is 5.30. The van der Waals surface area contributed by atoms with Gasteiger partial charge in [0.25, 0.3) is 0 Å². The van der Waals surface area contributed by atoms with Gasteiger partial charge in [-0.05, 0) is 39.8 Å². The van der Waals surface area contributed by atoms with E-state index in [4.69, 9.17) is 9.41 Å². The summed E-state index contributed by atoms with van der Waals surface area (Å²) in [7, 11) is 1.96. The summed E-state index contributed by atoms with van der Waals surface area (Å²) < 4.78 is 7.85. The molecule has 2 aromatic heterocycles. The minimum Gasteiger partial charge on any atom is -0.459 e. The molecular weight excluding hydrogens is 326 g/mol. The van der Waals surface area contributed by atoms with Gasteiger partial charge in [0.1, 0.15) is 11.3 Å². The van der Waals surface area contributed by atoms with Crippen LogP contribution in [0.15, 0.2) is 39.7 Å². The number of benzene rings is 1. The highest BCUT2D eigenvalue weighted by molar-refractivity contribution is 5.81. The van der Waals surface area contributed by atoms with Gasteiger partial charge < -0.3 is 15.1 Å². The fourth-order valence-electron chi connectivity index (χ4n) is 3.02. The summed E-state index contributed by atoms with van der Waals surface area (Å²) in [6.07, 6.45) is 0. The Morgan fingerprint density at radius 2 is 2.08 bits per heavy atom. The molecule has 3 aromatic rings. The van der Waals surface area contributed by atoms with Crippen LogP contribution in [0.1, 0.15) is 42.6 Å². The van der Waals surface area contributed by atoms with Crippen molar-refractivity contribution in [2.24, 2.45) is 12.0 Å². The molecule has 0 radical (unpaired) electrons. The normalized spacial score (nSPS) is 13.2. The molecule has 0 saturated carbocycles. The topological polar surface area (TPSA) is 67.4 Å². The number of guanidine groups is 1. The number of aromatic nitrogens is 2. The van der Waals surface area contributed by atoms with Crippen LogP contribution >= 0.6 is 0 Å².